The first-order chi connectivity index (χ1) is 6.88. The Morgan fingerprint density at radius 3 is 1.67 bits per heavy atom. The molecular weight excluding hydrogens is 180 g/mol. The molecule has 2 aliphatic rings. The van der Waals surface area contributed by atoms with E-state index in [4.69, 9.17) is 0 Å². The molecule has 0 aromatic rings. The monoisotopic (exact) mass is 208 g/mol. The molecule has 0 amide bonds. The molecule has 2 rings (SSSR count). The second kappa shape index (κ2) is 3.79. The van der Waals surface area contributed by atoms with Gasteiger partial charge in [-0.3, -0.25) is 0 Å². The van der Waals surface area contributed by atoms with Gasteiger partial charge in [0.2, 0.25) is 0 Å². The van der Waals surface area contributed by atoms with Gasteiger partial charge in [0, 0.05) is 0 Å². The van der Waals surface area contributed by atoms with Crippen LogP contribution in [0.25, 0.3) is 0 Å². The van der Waals surface area contributed by atoms with E-state index < -0.39 is 0 Å². The first-order valence-electron chi connectivity index (χ1n) is 6.88. The fourth-order valence-corrected chi connectivity index (χ4v) is 3.91. The van der Waals surface area contributed by atoms with Crippen LogP contribution in [0.1, 0.15) is 60.3 Å². The van der Waals surface area contributed by atoms with Crippen molar-refractivity contribution in [3.63, 3.8) is 0 Å². The van der Waals surface area contributed by atoms with Crippen LogP contribution in [0.2, 0.25) is 0 Å². The molecule has 2 unspecified atom stereocenters. The number of fused-ring (bicyclic) bond motifs is 1. The van der Waals surface area contributed by atoms with Gasteiger partial charge in [0.05, 0.1) is 0 Å². The van der Waals surface area contributed by atoms with Gasteiger partial charge in [-0.05, 0) is 60.7 Å². The van der Waals surface area contributed by atoms with E-state index in [1.807, 2.05) is 0 Å². The lowest BCUT2D eigenvalue weighted by atomic mass is 9.77. The fraction of sp³-hybridized carbons (Fsp3) is 1.00. The summed E-state index contributed by atoms with van der Waals surface area (Å²) in [6.07, 6.45) is 6.12. The van der Waals surface area contributed by atoms with E-state index in [1.165, 1.54) is 25.7 Å². The summed E-state index contributed by atoms with van der Waals surface area (Å²) in [5, 5.41) is 0. The van der Waals surface area contributed by atoms with Gasteiger partial charge in [-0.2, -0.15) is 0 Å². The van der Waals surface area contributed by atoms with Crippen LogP contribution in [-0.2, 0) is 0 Å². The van der Waals surface area contributed by atoms with Crippen LogP contribution < -0.4 is 0 Å². The maximum absolute atomic E-state index is 2.43. The molecule has 2 fully saturated rings. The lowest BCUT2D eigenvalue weighted by Crippen LogP contribution is -2.19. The zero-order chi connectivity index (χ0) is 11.2. The van der Waals surface area contributed by atoms with Gasteiger partial charge in [-0.1, -0.05) is 34.6 Å². The van der Waals surface area contributed by atoms with Crippen LogP contribution >= 0.6 is 0 Å². The summed E-state index contributed by atoms with van der Waals surface area (Å²) in [5.41, 5.74) is 0.553. The smallest absolute Gasteiger partial charge is 0.0354 e. The Morgan fingerprint density at radius 1 is 0.867 bits per heavy atom. The molecular formula is C15H28. The Morgan fingerprint density at radius 2 is 1.33 bits per heavy atom. The molecule has 0 nitrogen and oxygen atoms in total. The number of rotatable bonds is 1. The van der Waals surface area contributed by atoms with Crippen LogP contribution in [0, 0.1) is 35.0 Å². The van der Waals surface area contributed by atoms with Crippen molar-refractivity contribution in [2.75, 3.05) is 0 Å². The summed E-state index contributed by atoms with van der Waals surface area (Å²) in [6.45, 7) is 12.1. The molecule has 0 saturated heterocycles. The third-order valence-corrected chi connectivity index (χ3v) is 5.22. The normalized spacial score (nSPS) is 41.2. The largest absolute Gasteiger partial charge is 0.0625 e. The molecule has 4 atom stereocenters. The number of hydrogen-bond donors (Lipinski definition) is 0. The zero-order valence-electron chi connectivity index (χ0n) is 11.2. The summed E-state index contributed by atoms with van der Waals surface area (Å²) in [6, 6.07) is 0. The average molecular weight is 208 g/mol. The molecule has 0 aromatic heterocycles. The summed E-state index contributed by atoms with van der Waals surface area (Å²) in [5.74, 6) is 5.13. The fourth-order valence-electron chi connectivity index (χ4n) is 3.91. The Balaban J connectivity index is 1.94. The highest BCUT2D eigenvalue weighted by atomic mass is 14.5. The molecule has 0 aromatic carbocycles. The highest BCUT2D eigenvalue weighted by Gasteiger charge is 2.45. The quantitative estimate of drug-likeness (QED) is 0.584. The standard InChI is InChI=1S/C15H28/c1-10(2)11-6-12-8-14(15(3,4)5)9-13(12)7-11/h10-14H,6-9H2,1-5H3/t11?,12-,13+,14?. The Labute approximate surface area is 95.8 Å². The average Bonchev–Trinajstić information content (AvgIpc) is 2.55. The number of hydrogen-bond acceptors (Lipinski definition) is 0. The van der Waals surface area contributed by atoms with E-state index >= 15 is 0 Å². The van der Waals surface area contributed by atoms with Gasteiger partial charge in [-0.25, -0.2) is 0 Å². The predicted octanol–water partition coefficient (Wildman–Crippen LogP) is 4.74. The van der Waals surface area contributed by atoms with Gasteiger partial charge >= 0.3 is 0 Å². The molecule has 2 aliphatic carbocycles. The van der Waals surface area contributed by atoms with E-state index in [9.17, 15) is 0 Å². The highest BCUT2D eigenvalue weighted by Crippen LogP contribution is 2.54. The molecule has 15 heavy (non-hydrogen) atoms. The molecule has 0 aliphatic heterocycles. The van der Waals surface area contributed by atoms with Crippen LogP contribution in [0.15, 0.2) is 0 Å². The van der Waals surface area contributed by atoms with Crippen molar-refractivity contribution in [1.29, 1.82) is 0 Å². The summed E-state index contributed by atoms with van der Waals surface area (Å²) in [7, 11) is 0. The lowest BCUT2D eigenvalue weighted by Gasteiger charge is -2.28. The Bertz CT molecular complexity index is 207. The Hall–Kier alpha value is 0. The summed E-state index contributed by atoms with van der Waals surface area (Å²) in [4.78, 5) is 0. The minimum absolute atomic E-state index is 0.553. The third kappa shape index (κ3) is 2.24. The predicted molar refractivity (Wildman–Crippen MR) is 66.7 cm³/mol. The molecule has 0 spiro atoms. The van der Waals surface area contributed by atoms with E-state index in [-0.39, 0.29) is 0 Å². The van der Waals surface area contributed by atoms with Gasteiger partial charge < -0.3 is 0 Å². The summed E-state index contributed by atoms with van der Waals surface area (Å²) >= 11 is 0. The highest BCUT2D eigenvalue weighted by molar-refractivity contribution is 4.95. The van der Waals surface area contributed by atoms with Crippen molar-refractivity contribution < 1.29 is 0 Å². The molecule has 0 heteroatoms. The second-order valence-electron chi connectivity index (χ2n) is 7.53. The van der Waals surface area contributed by atoms with Crippen molar-refractivity contribution in [2.45, 2.75) is 60.3 Å². The van der Waals surface area contributed by atoms with Crippen molar-refractivity contribution in [2.24, 2.45) is 35.0 Å². The van der Waals surface area contributed by atoms with Gasteiger partial charge in [-0.15, -0.1) is 0 Å². The minimum atomic E-state index is 0.553. The van der Waals surface area contributed by atoms with Gasteiger partial charge in [0.1, 0.15) is 0 Å². The van der Waals surface area contributed by atoms with Crippen molar-refractivity contribution in [3.8, 4) is 0 Å². The van der Waals surface area contributed by atoms with E-state index in [0.717, 1.165) is 29.6 Å². The van der Waals surface area contributed by atoms with Crippen molar-refractivity contribution in [3.05, 3.63) is 0 Å². The van der Waals surface area contributed by atoms with E-state index in [1.54, 1.807) is 0 Å². The van der Waals surface area contributed by atoms with E-state index in [2.05, 4.69) is 34.6 Å². The van der Waals surface area contributed by atoms with Gasteiger partial charge in [0.25, 0.3) is 0 Å². The van der Waals surface area contributed by atoms with Crippen LogP contribution in [-0.4, -0.2) is 0 Å². The molecule has 0 radical (unpaired) electrons. The van der Waals surface area contributed by atoms with E-state index in [0.29, 0.717) is 5.41 Å². The minimum Gasteiger partial charge on any atom is -0.0625 e. The maximum Gasteiger partial charge on any atom is -0.0354 e. The first-order valence-corrected chi connectivity index (χ1v) is 6.88. The van der Waals surface area contributed by atoms with Crippen molar-refractivity contribution >= 4 is 0 Å². The topological polar surface area (TPSA) is 0 Å². The molecule has 88 valence electrons. The zero-order valence-corrected chi connectivity index (χ0v) is 11.2. The van der Waals surface area contributed by atoms with Crippen molar-refractivity contribution in [1.82, 2.24) is 0 Å². The van der Waals surface area contributed by atoms with Gasteiger partial charge in [0.15, 0.2) is 0 Å². The molecule has 2 saturated carbocycles. The lowest BCUT2D eigenvalue weighted by molar-refractivity contribution is 0.221. The maximum atomic E-state index is 2.43. The molecule has 0 N–H and O–H groups in total. The molecule has 0 heterocycles. The summed E-state index contributed by atoms with van der Waals surface area (Å²) < 4.78 is 0. The van der Waals surface area contributed by atoms with Crippen LogP contribution in [0.5, 0.6) is 0 Å². The Kier molecular flexibility index (Phi) is 2.90. The second-order valence-corrected chi connectivity index (χ2v) is 7.53. The first kappa shape index (κ1) is 11.5. The molecule has 0 bridgehead atoms. The van der Waals surface area contributed by atoms with Crippen LogP contribution in [0.3, 0.4) is 0 Å². The SMILES string of the molecule is CC(C)C1C[C@@H]2CC(C(C)(C)C)C[C@@H]2C1. The van der Waals surface area contributed by atoms with Crippen LogP contribution in [0.4, 0.5) is 0 Å². The third-order valence-electron chi connectivity index (χ3n) is 5.22.